The van der Waals surface area contributed by atoms with Gasteiger partial charge < -0.3 is 0 Å². The van der Waals surface area contributed by atoms with Crippen LogP contribution < -0.4 is 0 Å². The Labute approximate surface area is 89.8 Å². The van der Waals surface area contributed by atoms with Gasteiger partial charge in [-0.25, -0.2) is 0 Å². The lowest BCUT2D eigenvalue weighted by atomic mass is 9.85. The molecule has 0 atom stereocenters. The Bertz CT molecular complexity index is 587. The molecule has 1 aliphatic rings. The van der Waals surface area contributed by atoms with Gasteiger partial charge in [0.25, 0.3) is 0 Å². The van der Waals surface area contributed by atoms with E-state index in [1.807, 2.05) is 36.4 Å². The molecule has 0 bridgehead atoms. The summed E-state index contributed by atoms with van der Waals surface area (Å²) in [7, 11) is 0. The van der Waals surface area contributed by atoms with Crippen LogP contribution in [0, 0.1) is 0 Å². The third-order valence-electron chi connectivity index (χ3n) is 2.81. The van der Waals surface area contributed by atoms with Gasteiger partial charge in [-0.05, 0) is 17.5 Å². The standard InChI is InChI=1S/C14H10O/c15-14-12-7-3-1-5-10(12)9-11-6-2-4-8-13(11)14/h1-8H,9H2/i7D. The number of carbonyl (C=O) groups excluding carboxylic acids is 1. The number of rotatable bonds is 0. The van der Waals surface area contributed by atoms with E-state index in [-0.39, 0.29) is 5.78 Å². The molecule has 1 aliphatic carbocycles. The van der Waals surface area contributed by atoms with Crippen LogP contribution in [0.1, 0.15) is 28.4 Å². The van der Waals surface area contributed by atoms with Gasteiger partial charge in [-0.2, -0.15) is 0 Å². The van der Waals surface area contributed by atoms with Crippen molar-refractivity contribution >= 4 is 5.78 Å². The molecule has 0 heterocycles. The van der Waals surface area contributed by atoms with Crippen LogP contribution in [-0.4, -0.2) is 5.78 Å². The van der Waals surface area contributed by atoms with E-state index in [4.69, 9.17) is 1.37 Å². The molecule has 0 aliphatic heterocycles. The lowest BCUT2D eigenvalue weighted by molar-refractivity contribution is 0.103. The van der Waals surface area contributed by atoms with Crippen molar-refractivity contribution in [3.8, 4) is 0 Å². The highest BCUT2D eigenvalue weighted by Crippen LogP contribution is 2.26. The molecule has 0 spiro atoms. The summed E-state index contributed by atoms with van der Waals surface area (Å²) in [6, 6.07) is 13.4. The number of fused-ring (bicyclic) bond motifs is 2. The molecule has 0 radical (unpaired) electrons. The van der Waals surface area contributed by atoms with Crippen LogP contribution in [0.5, 0.6) is 0 Å². The summed E-state index contributed by atoms with van der Waals surface area (Å²) in [6.45, 7) is 0. The van der Waals surface area contributed by atoms with E-state index in [1.165, 1.54) is 0 Å². The summed E-state index contributed by atoms with van der Waals surface area (Å²) in [5, 5.41) is 0. The smallest absolute Gasteiger partial charge is 0.193 e. The quantitative estimate of drug-likeness (QED) is 0.539. The number of benzene rings is 2. The van der Waals surface area contributed by atoms with Crippen LogP contribution in [0.2, 0.25) is 0 Å². The predicted molar refractivity (Wildman–Crippen MR) is 59.1 cm³/mol. The third kappa shape index (κ3) is 1.20. The molecule has 15 heavy (non-hydrogen) atoms. The fraction of sp³-hybridized carbons (Fsp3) is 0.0714. The lowest BCUT2D eigenvalue weighted by Gasteiger charge is -2.17. The molecule has 3 rings (SSSR count). The molecule has 0 saturated carbocycles. The number of hydrogen-bond donors (Lipinski definition) is 0. The molecule has 2 aromatic rings. The van der Waals surface area contributed by atoms with Crippen molar-refractivity contribution in [2.75, 3.05) is 0 Å². The number of carbonyl (C=O) groups is 1. The second-order valence-electron chi connectivity index (χ2n) is 3.73. The Morgan fingerprint density at radius 2 is 1.60 bits per heavy atom. The molecule has 0 saturated heterocycles. The van der Waals surface area contributed by atoms with Crippen LogP contribution >= 0.6 is 0 Å². The normalized spacial score (nSPS) is 14.1. The molecule has 0 N–H and O–H groups in total. The van der Waals surface area contributed by atoms with Gasteiger partial charge in [0.2, 0.25) is 0 Å². The Kier molecular flexibility index (Phi) is 1.51. The number of ketones is 1. The molecule has 1 nitrogen and oxygen atoms in total. The highest BCUT2D eigenvalue weighted by atomic mass is 16.1. The Morgan fingerprint density at radius 1 is 0.933 bits per heavy atom. The predicted octanol–water partition coefficient (Wildman–Crippen LogP) is 2.82. The van der Waals surface area contributed by atoms with Crippen molar-refractivity contribution in [2.45, 2.75) is 6.42 Å². The summed E-state index contributed by atoms with van der Waals surface area (Å²) in [4.78, 5) is 12.2. The van der Waals surface area contributed by atoms with Gasteiger partial charge >= 0.3 is 0 Å². The van der Waals surface area contributed by atoms with Crippen LogP contribution in [-0.2, 0) is 6.42 Å². The molecular formula is C14H10O. The van der Waals surface area contributed by atoms with Crippen molar-refractivity contribution in [2.24, 2.45) is 0 Å². The minimum absolute atomic E-state index is 0.0116. The first kappa shape index (κ1) is 7.41. The van der Waals surface area contributed by atoms with Crippen molar-refractivity contribution < 1.29 is 6.17 Å². The largest absolute Gasteiger partial charge is 0.289 e. The molecule has 0 fully saturated rings. The average molecular weight is 195 g/mol. The van der Waals surface area contributed by atoms with Crippen LogP contribution in [0.3, 0.4) is 0 Å². The van der Waals surface area contributed by atoms with Gasteiger partial charge in [0.1, 0.15) is 0 Å². The topological polar surface area (TPSA) is 17.1 Å². The Hall–Kier alpha value is -1.89. The van der Waals surface area contributed by atoms with E-state index in [1.54, 1.807) is 6.07 Å². The maximum absolute atomic E-state index is 12.2. The van der Waals surface area contributed by atoms with Crippen LogP contribution in [0.4, 0.5) is 0 Å². The molecule has 0 aromatic heterocycles. The van der Waals surface area contributed by atoms with E-state index >= 15 is 0 Å². The van der Waals surface area contributed by atoms with Gasteiger partial charge in [-0.15, -0.1) is 0 Å². The van der Waals surface area contributed by atoms with Crippen LogP contribution in [0.25, 0.3) is 0 Å². The molecule has 0 unspecified atom stereocenters. The molecule has 0 amide bonds. The summed E-state index contributed by atoms with van der Waals surface area (Å²) >= 11 is 0. The lowest BCUT2D eigenvalue weighted by Crippen LogP contribution is -2.14. The van der Waals surface area contributed by atoms with Gasteiger partial charge in [-0.1, -0.05) is 48.5 Å². The van der Waals surface area contributed by atoms with Gasteiger partial charge in [0.15, 0.2) is 5.78 Å². The maximum Gasteiger partial charge on any atom is 0.193 e. The zero-order valence-corrected chi connectivity index (χ0v) is 8.16. The molecular weight excluding hydrogens is 184 g/mol. The first-order chi connectivity index (χ1) is 7.77. The second-order valence-corrected chi connectivity index (χ2v) is 3.73. The van der Waals surface area contributed by atoms with E-state index in [0.717, 1.165) is 23.1 Å². The second kappa shape index (κ2) is 3.06. The zero-order chi connectivity index (χ0) is 11.1. The summed E-state index contributed by atoms with van der Waals surface area (Å²) < 4.78 is 7.80. The first-order valence-electron chi connectivity index (χ1n) is 5.48. The van der Waals surface area contributed by atoms with Crippen molar-refractivity contribution in [3.63, 3.8) is 0 Å². The van der Waals surface area contributed by atoms with Gasteiger partial charge in [0.05, 0.1) is 1.37 Å². The van der Waals surface area contributed by atoms with E-state index in [2.05, 4.69) is 0 Å². The minimum atomic E-state index is -0.0116. The van der Waals surface area contributed by atoms with E-state index < -0.39 is 0 Å². The minimum Gasteiger partial charge on any atom is -0.289 e. The van der Waals surface area contributed by atoms with E-state index in [0.29, 0.717) is 11.6 Å². The molecule has 72 valence electrons. The fourth-order valence-electron chi connectivity index (χ4n) is 2.07. The third-order valence-corrected chi connectivity index (χ3v) is 2.81. The van der Waals surface area contributed by atoms with Crippen molar-refractivity contribution in [1.29, 1.82) is 0 Å². The van der Waals surface area contributed by atoms with E-state index in [9.17, 15) is 4.79 Å². The highest BCUT2D eigenvalue weighted by molar-refractivity contribution is 6.12. The SMILES string of the molecule is [2H]c1cccc2c1C(=O)c1ccccc1C2. The Balaban J connectivity index is 2.27. The summed E-state index contributed by atoms with van der Waals surface area (Å²) in [5.74, 6) is -0.0116. The van der Waals surface area contributed by atoms with Crippen molar-refractivity contribution in [3.05, 3.63) is 70.8 Å². The molecule has 1 heteroatoms. The number of hydrogen-bond acceptors (Lipinski definition) is 1. The summed E-state index contributed by atoms with van der Waals surface area (Å²) in [6.07, 6.45) is 0.754. The fourth-order valence-corrected chi connectivity index (χ4v) is 2.07. The summed E-state index contributed by atoms with van der Waals surface area (Å²) in [5.41, 5.74) is 3.35. The maximum atomic E-state index is 12.2. The molecule has 2 aromatic carbocycles. The first-order valence-corrected chi connectivity index (χ1v) is 4.98. The van der Waals surface area contributed by atoms with Gasteiger partial charge in [0, 0.05) is 11.1 Å². The monoisotopic (exact) mass is 195 g/mol. The Morgan fingerprint density at radius 3 is 2.47 bits per heavy atom. The van der Waals surface area contributed by atoms with Gasteiger partial charge in [-0.3, -0.25) is 4.79 Å². The van der Waals surface area contributed by atoms with Crippen molar-refractivity contribution in [1.82, 2.24) is 0 Å². The average Bonchev–Trinajstić information content (AvgIpc) is 2.29. The van der Waals surface area contributed by atoms with Crippen LogP contribution in [0.15, 0.2) is 48.5 Å². The zero-order valence-electron chi connectivity index (χ0n) is 9.16. The highest BCUT2D eigenvalue weighted by Gasteiger charge is 2.21.